The number of imide groups is 1. The number of hydrogen-bond donors (Lipinski definition) is 1. The topological polar surface area (TPSA) is 72.6 Å². The zero-order valence-corrected chi connectivity index (χ0v) is 10.9. The number of rotatable bonds is 3. The van der Waals surface area contributed by atoms with Gasteiger partial charge in [0.05, 0.1) is 0 Å². The molecule has 1 saturated heterocycles. The third kappa shape index (κ3) is 2.58. The molecule has 2 amide bonds. The molecule has 1 heterocycles. The number of hydrogen-bond acceptors (Lipinski definition) is 4. The first-order chi connectivity index (χ1) is 8.15. The number of halogens is 2. The van der Waals surface area contributed by atoms with E-state index in [-0.39, 0.29) is 25.5 Å². The smallest absolute Gasteiger partial charge is 0.417 e. The van der Waals surface area contributed by atoms with Crippen LogP contribution in [0.15, 0.2) is 24.3 Å². The monoisotopic (exact) mass is 290 g/mol. The molecule has 1 atom stereocenters. The van der Waals surface area contributed by atoms with E-state index < -0.39 is 18.1 Å². The number of cyclic esters (lactones) is 1. The molecular weight excluding hydrogens is 279 g/mol. The Kier molecular flexibility index (Phi) is 4.95. The molecule has 1 fully saturated rings. The van der Waals surface area contributed by atoms with E-state index in [0.29, 0.717) is 10.6 Å². The van der Waals surface area contributed by atoms with Crippen LogP contribution in [-0.4, -0.2) is 30.0 Å². The van der Waals surface area contributed by atoms with Gasteiger partial charge in [-0.2, -0.15) is 0 Å². The van der Waals surface area contributed by atoms with Gasteiger partial charge in [-0.15, -0.1) is 12.4 Å². The van der Waals surface area contributed by atoms with Gasteiger partial charge in [-0.05, 0) is 6.07 Å². The number of carbonyl (C=O) groups is 2. The SMILES string of the molecule is Cl.NCCN1C(=O)OC(c2ccccc2Cl)C1=O. The normalized spacial score (nSPS) is 18.6. The van der Waals surface area contributed by atoms with Gasteiger partial charge >= 0.3 is 6.09 Å². The van der Waals surface area contributed by atoms with Crippen molar-refractivity contribution in [3.8, 4) is 0 Å². The molecule has 0 spiro atoms. The molecule has 1 aliphatic rings. The van der Waals surface area contributed by atoms with Gasteiger partial charge in [-0.1, -0.05) is 29.8 Å². The fourth-order valence-electron chi connectivity index (χ4n) is 1.66. The molecule has 7 heteroatoms. The van der Waals surface area contributed by atoms with Gasteiger partial charge < -0.3 is 10.5 Å². The molecule has 1 unspecified atom stereocenters. The molecule has 5 nitrogen and oxygen atoms in total. The molecule has 0 radical (unpaired) electrons. The van der Waals surface area contributed by atoms with Crippen LogP contribution < -0.4 is 5.73 Å². The second-order valence-electron chi connectivity index (χ2n) is 3.56. The van der Waals surface area contributed by atoms with E-state index in [1.807, 2.05) is 0 Å². The Morgan fingerprint density at radius 3 is 2.61 bits per heavy atom. The van der Waals surface area contributed by atoms with Crippen molar-refractivity contribution in [1.82, 2.24) is 4.90 Å². The Morgan fingerprint density at radius 1 is 1.33 bits per heavy atom. The Bertz CT molecular complexity index is 467. The summed E-state index contributed by atoms with van der Waals surface area (Å²) in [5, 5.41) is 0.397. The zero-order chi connectivity index (χ0) is 12.4. The fraction of sp³-hybridized carbons (Fsp3) is 0.273. The Morgan fingerprint density at radius 2 is 2.00 bits per heavy atom. The third-order valence-electron chi connectivity index (χ3n) is 2.47. The van der Waals surface area contributed by atoms with Crippen molar-refractivity contribution >= 4 is 36.0 Å². The molecule has 1 aromatic carbocycles. The zero-order valence-electron chi connectivity index (χ0n) is 9.34. The van der Waals surface area contributed by atoms with Crippen molar-refractivity contribution in [3.05, 3.63) is 34.9 Å². The summed E-state index contributed by atoms with van der Waals surface area (Å²) in [7, 11) is 0. The lowest BCUT2D eigenvalue weighted by Gasteiger charge is -2.10. The summed E-state index contributed by atoms with van der Waals surface area (Å²) in [5.41, 5.74) is 5.81. The summed E-state index contributed by atoms with van der Waals surface area (Å²) in [4.78, 5) is 24.4. The van der Waals surface area contributed by atoms with Crippen LogP contribution >= 0.6 is 24.0 Å². The van der Waals surface area contributed by atoms with Crippen LogP contribution in [0.1, 0.15) is 11.7 Å². The maximum atomic E-state index is 11.9. The molecule has 98 valence electrons. The fourth-order valence-corrected chi connectivity index (χ4v) is 1.90. The van der Waals surface area contributed by atoms with Gasteiger partial charge in [0.15, 0.2) is 0 Å². The Hall–Kier alpha value is -1.30. The second-order valence-corrected chi connectivity index (χ2v) is 3.97. The van der Waals surface area contributed by atoms with Crippen LogP contribution in [0.5, 0.6) is 0 Å². The summed E-state index contributed by atoms with van der Waals surface area (Å²) >= 11 is 5.96. The molecular formula is C11H12Cl2N2O3. The average molecular weight is 291 g/mol. The van der Waals surface area contributed by atoms with Crippen molar-refractivity contribution in [2.24, 2.45) is 5.73 Å². The van der Waals surface area contributed by atoms with Crippen molar-refractivity contribution in [3.63, 3.8) is 0 Å². The van der Waals surface area contributed by atoms with Crippen LogP contribution in [0.4, 0.5) is 4.79 Å². The van der Waals surface area contributed by atoms with Crippen molar-refractivity contribution < 1.29 is 14.3 Å². The minimum atomic E-state index is -0.956. The molecule has 2 N–H and O–H groups in total. The Labute approximate surface area is 115 Å². The highest BCUT2D eigenvalue weighted by molar-refractivity contribution is 6.31. The van der Waals surface area contributed by atoms with E-state index >= 15 is 0 Å². The lowest BCUT2D eigenvalue weighted by Crippen LogP contribution is -2.34. The molecule has 1 aromatic rings. The lowest BCUT2D eigenvalue weighted by atomic mass is 10.1. The number of carbonyl (C=O) groups excluding carboxylic acids is 2. The van der Waals surface area contributed by atoms with E-state index in [4.69, 9.17) is 22.1 Å². The largest absolute Gasteiger partial charge is 0.431 e. The van der Waals surface area contributed by atoms with E-state index in [9.17, 15) is 9.59 Å². The molecule has 0 saturated carbocycles. The van der Waals surface area contributed by atoms with Crippen LogP contribution in [0.25, 0.3) is 0 Å². The number of nitrogens with two attached hydrogens (primary N) is 1. The first-order valence-corrected chi connectivity index (χ1v) is 5.49. The molecule has 0 bridgehead atoms. The number of benzene rings is 1. The number of nitrogens with zero attached hydrogens (tertiary/aromatic N) is 1. The summed E-state index contributed by atoms with van der Waals surface area (Å²) in [6.45, 7) is 0.356. The highest BCUT2D eigenvalue weighted by Gasteiger charge is 2.41. The van der Waals surface area contributed by atoms with Gasteiger partial charge in [0.1, 0.15) is 0 Å². The minimum Gasteiger partial charge on any atom is -0.431 e. The van der Waals surface area contributed by atoms with Gasteiger partial charge in [0.2, 0.25) is 6.10 Å². The van der Waals surface area contributed by atoms with Crippen LogP contribution in [0.3, 0.4) is 0 Å². The van der Waals surface area contributed by atoms with Crippen molar-refractivity contribution in [2.45, 2.75) is 6.10 Å². The van der Waals surface area contributed by atoms with Crippen molar-refractivity contribution in [1.29, 1.82) is 0 Å². The van der Waals surface area contributed by atoms with Crippen molar-refractivity contribution in [2.75, 3.05) is 13.1 Å². The quantitative estimate of drug-likeness (QED) is 0.920. The summed E-state index contributed by atoms with van der Waals surface area (Å²) < 4.78 is 5.00. The second kappa shape index (κ2) is 6.04. The predicted molar refractivity (Wildman–Crippen MR) is 68.7 cm³/mol. The van der Waals surface area contributed by atoms with Gasteiger partial charge in [-0.3, -0.25) is 4.79 Å². The number of amides is 2. The molecule has 0 aliphatic carbocycles. The molecule has 0 aromatic heterocycles. The van der Waals surface area contributed by atoms with Gasteiger partial charge in [0, 0.05) is 23.7 Å². The predicted octanol–water partition coefficient (Wildman–Crippen LogP) is 1.74. The van der Waals surface area contributed by atoms with E-state index in [1.54, 1.807) is 24.3 Å². The maximum absolute atomic E-state index is 11.9. The van der Waals surface area contributed by atoms with Gasteiger partial charge in [-0.25, -0.2) is 9.69 Å². The van der Waals surface area contributed by atoms with Crippen LogP contribution in [0.2, 0.25) is 5.02 Å². The first kappa shape index (κ1) is 14.8. The highest BCUT2D eigenvalue weighted by Crippen LogP contribution is 2.31. The molecule has 2 rings (SSSR count). The number of ether oxygens (including phenoxy) is 1. The van der Waals surface area contributed by atoms with Crippen LogP contribution in [0, 0.1) is 0 Å². The van der Waals surface area contributed by atoms with E-state index in [1.165, 1.54) is 0 Å². The van der Waals surface area contributed by atoms with Gasteiger partial charge in [0.25, 0.3) is 5.91 Å². The average Bonchev–Trinajstić information content (AvgIpc) is 2.58. The molecule has 1 aliphatic heterocycles. The minimum absolute atomic E-state index is 0. The summed E-state index contributed by atoms with van der Waals surface area (Å²) in [6, 6.07) is 6.77. The highest BCUT2D eigenvalue weighted by atomic mass is 35.5. The third-order valence-corrected chi connectivity index (χ3v) is 2.81. The van der Waals surface area contributed by atoms with E-state index in [2.05, 4.69) is 0 Å². The summed E-state index contributed by atoms with van der Waals surface area (Å²) in [6.07, 6.45) is -1.63. The van der Waals surface area contributed by atoms with E-state index in [0.717, 1.165) is 4.90 Å². The van der Waals surface area contributed by atoms with Crippen LogP contribution in [-0.2, 0) is 9.53 Å². The first-order valence-electron chi connectivity index (χ1n) is 5.11. The molecule has 18 heavy (non-hydrogen) atoms. The Balaban J connectivity index is 0.00000162. The maximum Gasteiger partial charge on any atom is 0.417 e. The standard InChI is InChI=1S/C11H11ClN2O3.ClH/c12-8-4-2-1-3-7(8)9-10(15)14(6-5-13)11(16)17-9;/h1-4,9H,5-6,13H2;1H. The lowest BCUT2D eigenvalue weighted by molar-refractivity contribution is -0.129. The summed E-state index contributed by atoms with van der Waals surface area (Å²) in [5.74, 6) is -0.423.